The summed E-state index contributed by atoms with van der Waals surface area (Å²) in [5.41, 5.74) is 2.72. The Balaban J connectivity index is 1.78. The predicted octanol–water partition coefficient (Wildman–Crippen LogP) is 5.08. The van der Waals surface area contributed by atoms with Gasteiger partial charge in [0, 0.05) is 18.1 Å². The lowest BCUT2D eigenvalue weighted by molar-refractivity contribution is 0.164. The topological polar surface area (TPSA) is 35.0 Å². The van der Waals surface area contributed by atoms with Crippen LogP contribution in [-0.2, 0) is 10.5 Å². The molecule has 2 aromatic rings. The van der Waals surface area contributed by atoms with E-state index in [0.29, 0.717) is 5.92 Å². The van der Waals surface area contributed by atoms with Crippen molar-refractivity contribution in [3.8, 4) is 0 Å². The zero-order valence-electron chi connectivity index (χ0n) is 13.2. The van der Waals surface area contributed by atoms with Gasteiger partial charge in [-0.1, -0.05) is 73.0 Å². The SMILES string of the molecule is CCOCCSc1nnc(SCc2ccc(C(C)C)cc2)s1. The van der Waals surface area contributed by atoms with E-state index in [4.69, 9.17) is 4.74 Å². The number of benzene rings is 1. The molecular weight excluding hydrogens is 332 g/mol. The molecule has 120 valence electrons. The third-order valence-corrected chi connectivity index (χ3v) is 6.28. The zero-order valence-corrected chi connectivity index (χ0v) is 15.7. The molecule has 0 saturated heterocycles. The standard InChI is InChI=1S/C16H22N2OS3/c1-4-19-9-10-20-15-17-18-16(22-15)21-11-13-5-7-14(8-6-13)12(2)3/h5-8,12H,4,9-11H2,1-3H3. The molecule has 0 aliphatic heterocycles. The molecule has 0 amide bonds. The van der Waals surface area contributed by atoms with Crippen molar-refractivity contribution in [2.24, 2.45) is 0 Å². The fraction of sp³-hybridized carbons (Fsp3) is 0.500. The molecule has 0 fully saturated rings. The Morgan fingerprint density at radius 1 is 1.09 bits per heavy atom. The number of rotatable bonds is 9. The van der Waals surface area contributed by atoms with Gasteiger partial charge in [-0.3, -0.25) is 0 Å². The average molecular weight is 355 g/mol. The predicted molar refractivity (Wildman–Crippen MR) is 97.2 cm³/mol. The molecule has 3 nitrogen and oxygen atoms in total. The second-order valence-corrected chi connectivity index (χ2v) is 8.61. The van der Waals surface area contributed by atoms with Crippen molar-refractivity contribution in [2.45, 2.75) is 41.1 Å². The summed E-state index contributed by atoms with van der Waals surface area (Å²) in [7, 11) is 0. The summed E-state index contributed by atoms with van der Waals surface area (Å²) in [5, 5.41) is 8.46. The van der Waals surface area contributed by atoms with Crippen LogP contribution in [-0.4, -0.2) is 29.2 Å². The fourth-order valence-corrected chi connectivity index (χ4v) is 4.69. The van der Waals surface area contributed by atoms with Gasteiger partial charge in [0.2, 0.25) is 0 Å². The smallest absolute Gasteiger partial charge is 0.175 e. The third-order valence-electron chi connectivity index (χ3n) is 3.05. The molecule has 0 atom stereocenters. The van der Waals surface area contributed by atoms with Crippen LogP contribution in [0.3, 0.4) is 0 Å². The van der Waals surface area contributed by atoms with E-state index in [2.05, 4.69) is 48.3 Å². The minimum Gasteiger partial charge on any atom is -0.381 e. The van der Waals surface area contributed by atoms with Gasteiger partial charge in [0.15, 0.2) is 8.68 Å². The van der Waals surface area contributed by atoms with Crippen molar-refractivity contribution in [1.29, 1.82) is 0 Å². The first-order chi connectivity index (χ1) is 10.7. The Kier molecular flexibility index (Phi) is 7.72. The van der Waals surface area contributed by atoms with Gasteiger partial charge in [-0.05, 0) is 24.0 Å². The molecule has 0 unspecified atom stereocenters. The highest BCUT2D eigenvalue weighted by Crippen LogP contribution is 2.30. The number of hydrogen-bond donors (Lipinski definition) is 0. The van der Waals surface area contributed by atoms with Crippen LogP contribution in [0.5, 0.6) is 0 Å². The van der Waals surface area contributed by atoms with Gasteiger partial charge >= 0.3 is 0 Å². The van der Waals surface area contributed by atoms with Crippen molar-refractivity contribution in [1.82, 2.24) is 10.2 Å². The van der Waals surface area contributed by atoms with Crippen LogP contribution in [0.1, 0.15) is 37.8 Å². The highest BCUT2D eigenvalue weighted by molar-refractivity contribution is 8.02. The first-order valence-corrected chi connectivity index (χ1v) is 10.2. The van der Waals surface area contributed by atoms with Gasteiger partial charge in [0.1, 0.15) is 0 Å². The van der Waals surface area contributed by atoms with E-state index < -0.39 is 0 Å². The fourth-order valence-electron chi connectivity index (χ4n) is 1.79. The van der Waals surface area contributed by atoms with Crippen LogP contribution < -0.4 is 0 Å². The minimum atomic E-state index is 0.584. The Hall–Kier alpha value is -0.560. The van der Waals surface area contributed by atoms with E-state index in [1.54, 1.807) is 34.9 Å². The second kappa shape index (κ2) is 9.55. The van der Waals surface area contributed by atoms with Crippen LogP contribution in [0.4, 0.5) is 0 Å². The van der Waals surface area contributed by atoms with Crippen LogP contribution in [0.15, 0.2) is 32.9 Å². The summed E-state index contributed by atoms with van der Waals surface area (Å²) in [4.78, 5) is 0. The minimum absolute atomic E-state index is 0.584. The molecular formula is C16H22N2OS3. The van der Waals surface area contributed by atoms with E-state index in [0.717, 1.165) is 33.4 Å². The van der Waals surface area contributed by atoms with Crippen molar-refractivity contribution in [3.05, 3.63) is 35.4 Å². The quantitative estimate of drug-likeness (QED) is 0.463. The Bertz CT molecular complexity index is 555. The van der Waals surface area contributed by atoms with Gasteiger partial charge in [0.25, 0.3) is 0 Å². The summed E-state index contributed by atoms with van der Waals surface area (Å²) < 4.78 is 7.38. The average Bonchev–Trinajstić information content (AvgIpc) is 2.98. The maximum atomic E-state index is 5.32. The lowest BCUT2D eigenvalue weighted by Crippen LogP contribution is -1.95. The van der Waals surface area contributed by atoms with Crippen molar-refractivity contribution in [2.75, 3.05) is 19.0 Å². The Morgan fingerprint density at radius 3 is 2.41 bits per heavy atom. The summed E-state index contributed by atoms with van der Waals surface area (Å²) in [6.45, 7) is 7.99. The molecule has 22 heavy (non-hydrogen) atoms. The van der Waals surface area contributed by atoms with Crippen molar-refractivity contribution < 1.29 is 4.74 Å². The third kappa shape index (κ3) is 5.91. The molecule has 0 bridgehead atoms. The maximum absolute atomic E-state index is 5.32. The van der Waals surface area contributed by atoms with Crippen molar-refractivity contribution in [3.63, 3.8) is 0 Å². The summed E-state index contributed by atoms with van der Waals surface area (Å²) in [6.07, 6.45) is 0. The first kappa shape index (κ1) is 17.8. The highest BCUT2D eigenvalue weighted by Gasteiger charge is 2.06. The summed E-state index contributed by atoms with van der Waals surface area (Å²) in [6, 6.07) is 8.85. The zero-order chi connectivity index (χ0) is 15.8. The van der Waals surface area contributed by atoms with Crippen LogP contribution in [0.2, 0.25) is 0 Å². The van der Waals surface area contributed by atoms with Gasteiger partial charge in [-0.15, -0.1) is 10.2 Å². The molecule has 1 heterocycles. The molecule has 0 radical (unpaired) electrons. The highest BCUT2D eigenvalue weighted by atomic mass is 32.2. The molecule has 0 aliphatic rings. The van der Waals surface area contributed by atoms with Gasteiger partial charge in [0.05, 0.1) is 6.61 Å². The molecule has 0 aliphatic carbocycles. The van der Waals surface area contributed by atoms with Gasteiger partial charge < -0.3 is 4.74 Å². The summed E-state index contributed by atoms with van der Waals surface area (Å²) >= 11 is 5.13. The Labute approximate surface area is 145 Å². The molecule has 1 aromatic heterocycles. The first-order valence-electron chi connectivity index (χ1n) is 7.44. The lowest BCUT2D eigenvalue weighted by atomic mass is 10.0. The Morgan fingerprint density at radius 2 is 1.77 bits per heavy atom. The molecule has 0 N–H and O–H groups in total. The van der Waals surface area contributed by atoms with E-state index in [1.807, 2.05) is 6.92 Å². The molecule has 2 rings (SSSR count). The van der Waals surface area contributed by atoms with Crippen molar-refractivity contribution >= 4 is 34.9 Å². The number of ether oxygens (including phenoxy) is 1. The molecule has 0 saturated carbocycles. The van der Waals surface area contributed by atoms with E-state index in [1.165, 1.54) is 11.1 Å². The van der Waals surface area contributed by atoms with E-state index in [-0.39, 0.29) is 0 Å². The van der Waals surface area contributed by atoms with Gasteiger partial charge in [-0.2, -0.15) is 0 Å². The van der Waals surface area contributed by atoms with Gasteiger partial charge in [-0.25, -0.2) is 0 Å². The van der Waals surface area contributed by atoms with Crippen LogP contribution in [0, 0.1) is 0 Å². The molecule has 6 heteroatoms. The largest absolute Gasteiger partial charge is 0.381 e. The summed E-state index contributed by atoms with van der Waals surface area (Å²) in [5.74, 6) is 2.46. The monoisotopic (exact) mass is 354 g/mol. The number of aromatic nitrogens is 2. The molecule has 1 aromatic carbocycles. The normalized spacial score (nSPS) is 11.3. The second-order valence-electron chi connectivity index (χ2n) is 5.06. The van der Waals surface area contributed by atoms with Crippen LogP contribution in [0.25, 0.3) is 0 Å². The van der Waals surface area contributed by atoms with Crippen LogP contribution >= 0.6 is 34.9 Å². The number of hydrogen-bond acceptors (Lipinski definition) is 6. The number of thioether (sulfide) groups is 2. The van der Waals surface area contributed by atoms with E-state index in [9.17, 15) is 0 Å². The van der Waals surface area contributed by atoms with E-state index >= 15 is 0 Å². The maximum Gasteiger partial charge on any atom is 0.175 e. The lowest BCUT2D eigenvalue weighted by Gasteiger charge is -2.05. The number of nitrogens with zero attached hydrogens (tertiary/aromatic N) is 2. The molecule has 0 spiro atoms.